The van der Waals surface area contributed by atoms with Crippen LogP contribution in [0, 0.1) is 0 Å². The first-order chi connectivity index (χ1) is 25.1. The quantitative estimate of drug-likeness (QED) is 0.0971. The number of benzene rings is 1. The Hall–Kier alpha value is -5.07. The summed E-state index contributed by atoms with van der Waals surface area (Å²) in [6.07, 6.45) is 7.33. The lowest BCUT2D eigenvalue weighted by atomic mass is 10.1. The van der Waals surface area contributed by atoms with E-state index in [9.17, 15) is 4.79 Å². The molecule has 1 N–H and O–H groups in total. The molecule has 1 amide bonds. The smallest absolute Gasteiger partial charge is 0.216 e. The van der Waals surface area contributed by atoms with Crippen LogP contribution in [0.3, 0.4) is 0 Å². The number of carbonyl (C=O) groups is 1. The monoisotopic (exact) mass is 689 g/mol. The fourth-order valence-corrected chi connectivity index (χ4v) is 5.57. The maximum Gasteiger partial charge on any atom is 0.216 e. The minimum Gasteiger partial charge on any atom is -0.491 e. The second kappa shape index (κ2) is 21.2. The van der Waals surface area contributed by atoms with Crippen molar-refractivity contribution in [3.05, 3.63) is 150 Å². The molecule has 0 fully saturated rings. The van der Waals surface area contributed by atoms with Crippen LogP contribution in [0.25, 0.3) is 0 Å². The Morgan fingerprint density at radius 1 is 0.549 bits per heavy atom. The normalized spacial score (nSPS) is 11.2. The Balaban J connectivity index is 1.31. The van der Waals surface area contributed by atoms with Gasteiger partial charge in [0.25, 0.3) is 0 Å². The number of carbonyl (C=O) groups excluding carboxylic acids is 1. The molecule has 5 rings (SSSR count). The molecule has 1 aromatic carbocycles. The van der Waals surface area contributed by atoms with E-state index in [2.05, 4.69) is 77.5 Å². The molecule has 11 heteroatoms. The van der Waals surface area contributed by atoms with Gasteiger partial charge < -0.3 is 19.5 Å². The van der Waals surface area contributed by atoms with Gasteiger partial charge in [-0.05, 0) is 71.8 Å². The maximum atomic E-state index is 11.0. The van der Waals surface area contributed by atoms with Gasteiger partial charge in [-0.25, -0.2) is 0 Å². The molecule has 0 saturated heterocycles. The Morgan fingerprint density at radius 3 is 1.35 bits per heavy atom. The van der Waals surface area contributed by atoms with Crippen molar-refractivity contribution in [1.82, 2.24) is 35.1 Å². The number of aromatic nitrogens is 4. The van der Waals surface area contributed by atoms with Crippen molar-refractivity contribution < 1.29 is 19.0 Å². The first kappa shape index (κ1) is 37.2. The van der Waals surface area contributed by atoms with Gasteiger partial charge in [-0.15, -0.1) is 0 Å². The molecule has 51 heavy (non-hydrogen) atoms. The Kier molecular flexibility index (Phi) is 15.5. The Morgan fingerprint density at radius 2 is 0.961 bits per heavy atom. The van der Waals surface area contributed by atoms with Crippen molar-refractivity contribution in [2.75, 3.05) is 39.6 Å². The highest BCUT2D eigenvalue weighted by Crippen LogP contribution is 2.23. The van der Waals surface area contributed by atoms with Crippen molar-refractivity contribution in [3.8, 4) is 5.75 Å². The third-order valence-corrected chi connectivity index (χ3v) is 7.77. The summed E-state index contributed by atoms with van der Waals surface area (Å²) < 4.78 is 17.6. The summed E-state index contributed by atoms with van der Waals surface area (Å²) in [5.41, 5.74) is 6.23. The molecule has 11 nitrogen and oxygen atoms in total. The molecule has 0 radical (unpaired) electrons. The number of nitrogens with zero attached hydrogens (tertiary/aromatic N) is 6. The lowest BCUT2D eigenvalue weighted by Crippen LogP contribution is -2.25. The van der Waals surface area contributed by atoms with E-state index < -0.39 is 0 Å². The van der Waals surface area contributed by atoms with Crippen LogP contribution in [-0.2, 0) is 53.5 Å². The molecule has 266 valence electrons. The van der Waals surface area contributed by atoms with E-state index in [0.29, 0.717) is 78.8 Å². The van der Waals surface area contributed by atoms with E-state index in [4.69, 9.17) is 14.2 Å². The van der Waals surface area contributed by atoms with E-state index in [1.807, 2.05) is 73.3 Å². The zero-order valence-electron chi connectivity index (χ0n) is 29.3. The summed E-state index contributed by atoms with van der Waals surface area (Å²) in [4.78, 5) is 34.1. The third kappa shape index (κ3) is 14.4. The van der Waals surface area contributed by atoms with Crippen molar-refractivity contribution in [1.29, 1.82) is 0 Å². The van der Waals surface area contributed by atoms with Crippen LogP contribution in [0.4, 0.5) is 0 Å². The van der Waals surface area contributed by atoms with Crippen LogP contribution in [0.5, 0.6) is 5.75 Å². The summed E-state index contributed by atoms with van der Waals surface area (Å²) in [6.45, 7) is 8.16. The molecule has 0 atom stereocenters. The van der Waals surface area contributed by atoms with Crippen molar-refractivity contribution in [2.45, 2.75) is 46.2 Å². The SMILES string of the molecule is CC(=O)NCCOCCOCCOc1cc(CN(Cc2ccccn2)Cc2ccccn2)cc(CN(Cc2ccccn2)Cc2ccccn2)c1. The van der Waals surface area contributed by atoms with Crippen LogP contribution >= 0.6 is 0 Å². The van der Waals surface area contributed by atoms with Crippen molar-refractivity contribution in [3.63, 3.8) is 0 Å². The van der Waals surface area contributed by atoms with Gasteiger partial charge in [-0.1, -0.05) is 30.3 Å². The summed E-state index contributed by atoms with van der Waals surface area (Å²) in [5, 5.41) is 2.71. The number of hydrogen-bond acceptors (Lipinski definition) is 10. The van der Waals surface area contributed by atoms with Gasteiger partial charge in [0.15, 0.2) is 0 Å². The van der Waals surface area contributed by atoms with Gasteiger partial charge in [-0.3, -0.25) is 34.5 Å². The second-order valence-electron chi connectivity index (χ2n) is 12.1. The molecule has 0 aliphatic rings. The first-order valence-electron chi connectivity index (χ1n) is 17.3. The standard InChI is InChI=1S/C40H47N7O4/c1-33(48)41-18-19-49-20-21-50-22-23-51-40-25-34(27-46(29-36-10-2-6-14-42-36)30-37-11-3-7-15-43-37)24-35(26-40)28-47(31-38-12-4-8-16-44-38)32-39-13-5-9-17-45-39/h2-17,24-26H,18-23,27-32H2,1H3,(H,41,48). The largest absolute Gasteiger partial charge is 0.491 e. The molecule has 0 bridgehead atoms. The molecular formula is C40H47N7O4. The maximum absolute atomic E-state index is 11.0. The number of amides is 1. The van der Waals surface area contributed by atoms with Gasteiger partial charge in [0, 0.05) is 77.5 Å². The summed E-state index contributed by atoms with van der Waals surface area (Å²) in [5.74, 6) is 0.714. The fourth-order valence-electron chi connectivity index (χ4n) is 5.57. The molecule has 5 aromatic rings. The molecule has 0 aliphatic heterocycles. The highest BCUT2D eigenvalue weighted by Gasteiger charge is 2.15. The first-order valence-corrected chi connectivity index (χ1v) is 17.3. The molecule has 0 aliphatic carbocycles. The van der Waals surface area contributed by atoms with Gasteiger partial charge in [0.05, 0.1) is 49.2 Å². The minimum atomic E-state index is -0.0672. The number of rotatable bonds is 22. The Labute approximate surface area is 300 Å². The third-order valence-electron chi connectivity index (χ3n) is 7.77. The lowest BCUT2D eigenvalue weighted by molar-refractivity contribution is -0.119. The van der Waals surface area contributed by atoms with Crippen molar-refractivity contribution >= 4 is 5.91 Å². The molecule has 0 unspecified atom stereocenters. The van der Waals surface area contributed by atoms with E-state index >= 15 is 0 Å². The van der Waals surface area contributed by atoms with Crippen LogP contribution in [0.1, 0.15) is 40.8 Å². The topological polar surface area (TPSA) is 115 Å². The second-order valence-corrected chi connectivity index (χ2v) is 12.1. The van der Waals surface area contributed by atoms with Crippen molar-refractivity contribution in [2.24, 2.45) is 0 Å². The van der Waals surface area contributed by atoms with Gasteiger partial charge in [0.2, 0.25) is 5.91 Å². The molecule has 0 spiro atoms. The molecule has 4 heterocycles. The number of ether oxygens (including phenoxy) is 3. The van der Waals surface area contributed by atoms with E-state index in [1.54, 1.807) is 0 Å². The molecule has 4 aromatic heterocycles. The highest BCUT2D eigenvalue weighted by atomic mass is 16.5. The lowest BCUT2D eigenvalue weighted by Gasteiger charge is -2.25. The average molecular weight is 690 g/mol. The zero-order valence-corrected chi connectivity index (χ0v) is 29.3. The van der Waals surface area contributed by atoms with Crippen LogP contribution in [-0.4, -0.2) is 75.2 Å². The predicted molar refractivity (Wildman–Crippen MR) is 195 cm³/mol. The average Bonchev–Trinajstić information content (AvgIpc) is 3.14. The summed E-state index contributed by atoms with van der Waals surface area (Å²) in [6, 6.07) is 30.5. The molecular weight excluding hydrogens is 642 g/mol. The minimum absolute atomic E-state index is 0.0672. The van der Waals surface area contributed by atoms with E-state index in [0.717, 1.165) is 39.7 Å². The number of nitrogens with one attached hydrogen (secondary N) is 1. The Bertz CT molecular complexity index is 1510. The number of hydrogen-bond donors (Lipinski definition) is 1. The van der Waals surface area contributed by atoms with Gasteiger partial charge in [0.1, 0.15) is 12.4 Å². The van der Waals surface area contributed by atoms with Crippen LogP contribution in [0.2, 0.25) is 0 Å². The van der Waals surface area contributed by atoms with Gasteiger partial charge >= 0.3 is 0 Å². The number of pyridine rings is 4. The van der Waals surface area contributed by atoms with Crippen LogP contribution < -0.4 is 10.1 Å². The molecule has 0 saturated carbocycles. The fraction of sp³-hybridized carbons (Fsp3) is 0.325. The summed E-state index contributed by atoms with van der Waals surface area (Å²) in [7, 11) is 0. The summed E-state index contributed by atoms with van der Waals surface area (Å²) >= 11 is 0. The van der Waals surface area contributed by atoms with E-state index in [1.165, 1.54) is 6.92 Å². The zero-order chi connectivity index (χ0) is 35.4. The highest BCUT2D eigenvalue weighted by molar-refractivity contribution is 5.72. The van der Waals surface area contributed by atoms with Crippen LogP contribution in [0.15, 0.2) is 116 Å². The van der Waals surface area contributed by atoms with E-state index in [-0.39, 0.29) is 5.91 Å². The van der Waals surface area contributed by atoms with Gasteiger partial charge in [-0.2, -0.15) is 0 Å². The predicted octanol–water partition coefficient (Wildman–Crippen LogP) is 5.22.